The van der Waals surface area contributed by atoms with Crippen LogP contribution in [0.5, 0.6) is 0 Å². The molecule has 2 rings (SSSR count). The van der Waals surface area contributed by atoms with E-state index in [2.05, 4.69) is 53.8 Å². The molecule has 0 bridgehead atoms. The molecule has 4 atom stereocenters. The lowest BCUT2D eigenvalue weighted by Gasteiger charge is -2.53. The van der Waals surface area contributed by atoms with E-state index < -0.39 is 8.32 Å². The normalized spacial score (nSPS) is 33.8. The van der Waals surface area contributed by atoms with Gasteiger partial charge in [-0.1, -0.05) is 52.7 Å². The Hall–Kier alpha value is -0.123. The largest absolute Gasteiger partial charge is 0.414 e. The Kier molecular flexibility index (Phi) is 5.55. The van der Waals surface area contributed by atoms with Gasteiger partial charge in [-0.05, 0) is 55.1 Å². The maximum atomic E-state index is 9.69. The highest BCUT2D eigenvalue weighted by molar-refractivity contribution is 6.74. The molecule has 23 heavy (non-hydrogen) atoms. The van der Waals surface area contributed by atoms with E-state index in [1.165, 1.54) is 31.3 Å². The monoisotopic (exact) mass is 338 g/mol. The van der Waals surface area contributed by atoms with Gasteiger partial charge in [-0.15, -0.1) is 0 Å². The number of aliphatic hydroxyl groups excluding tert-OH is 1. The van der Waals surface area contributed by atoms with Crippen molar-refractivity contribution in [1.82, 2.24) is 0 Å². The molecule has 0 spiro atoms. The Labute approximate surface area is 144 Å². The molecular formula is C20H38O2Si. The minimum absolute atomic E-state index is 0.228. The minimum atomic E-state index is -1.73. The van der Waals surface area contributed by atoms with Gasteiger partial charge in [0.1, 0.15) is 0 Å². The van der Waals surface area contributed by atoms with Gasteiger partial charge in [-0.2, -0.15) is 0 Å². The fraction of sp³-hybridized carbons (Fsp3) is 0.900. The highest BCUT2D eigenvalue weighted by Gasteiger charge is 2.49. The first-order chi connectivity index (χ1) is 10.5. The van der Waals surface area contributed by atoms with Gasteiger partial charge in [-0.25, -0.2) is 0 Å². The van der Waals surface area contributed by atoms with Gasteiger partial charge in [0, 0.05) is 18.6 Å². The fourth-order valence-electron chi connectivity index (χ4n) is 4.54. The molecule has 134 valence electrons. The quantitative estimate of drug-likeness (QED) is 0.539. The van der Waals surface area contributed by atoms with Crippen LogP contribution >= 0.6 is 0 Å². The molecule has 1 N–H and O–H groups in total. The van der Waals surface area contributed by atoms with Crippen LogP contribution in [0.2, 0.25) is 18.1 Å². The zero-order valence-corrected chi connectivity index (χ0v) is 17.4. The molecule has 0 saturated heterocycles. The number of allylic oxidation sites excluding steroid dienone is 1. The van der Waals surface area contributed by atoms with Crippen molar-refractivity contribution in [2.45, 2.75) is 91.0 Å². The zero-order chi connectivity index (χ0) is 17.5. The molecule has 0 radical (unpaired) electrons. The lowest BCUT2D eigenvalue weighted by Crippen LogP contribution is -2.51. The number of hydrogen-bond acceptors (Lipinski definition) is 2. The molecular weight excluding hydrogens is 300 g/mol. The maximum Gasteiger partial charge on any atom is 0.192 e. The van der Waals surface area contributed by atoms with Crippen molar-refractivity contribution in [2.24, 2.45) is 17.3 Å². The summed E-state index contributed by atoms with van der Waals surface area (Å²) >= 11 is 0. The van der Waals surface area contributed by atoms with E-state index in [1.54, 1.807) is 0 Å². The van der Waals surface area contributed by atoms with Crippen LogP contribution in [0.1, 0.15) is 66.7 Å². The average Bonchev–Trinajstić information content (AvgIpc) is 2.44. The van der Waals surface area contributed by atoms with Crippen molar-refractivity contribution in [3.05, 3.63) is 11.6 Å². The standard InChI is InChI=1S/C20H38O2Si/c1-15(14-21)16-10-8-11-17-18(12-9-13-20(16,17)5)22-23(6,7)19(2,3)4/h10,15,17-18,21H,8-9,11-14H2,1-7H3/t15-,17-,18-,20+/m0/s1. The second kappa shape index (κ2) is 6.65. The van der Waals surface area contributed by atoms with Crippen molar-refractivity contribution in [1.29, 1.82) is 0 Å². The molecule has 2 nitrogen and oxygen atoms in total. The summed E-state index contributed by atoms with van der Waals surface area (Å²) in [4.78, 5) is 0. The molecule has 0 heterocycles. The Morgan fingerprint density at radius 2 is 2.00 bits per heavy atom. The van der Waals surface area contributed by atoms with Gasteiger partial charge in [0.15, 0.2) is 8.32 Å². The summed E-state index contributed by atoms with van der Waals surface area (Å²) in [5.41, 5.74) is 1.73. The van der Waals surface area contributed by atoms with Gasteiger partial charge in [-0.3, -0.25) is 0 Å². The Balaban J connectivity index is 2.25. The third-order valence-corrected chi connectivity index (χ3v) is 11.5. The fourth-order valence-corrected chi connectivity index (χ4v) is 5.93. The summed E-state index contributed by atoms with van der Waals surface area (Å²) < 4.78 is 6.89. The molecule has 0 aromatic carbocycles. The first-order valence-electron chi connectivity index (χ1n) is 9.52. The van der Waals surface area contributed by atoms with Crippen molar-refractivity contribution in [3.63, 3.8) is 0 Å². The van der Waals surface area contributed by atoms with Gasteiger partial charge >= 0.3 is 0 Å². The smallest absolute Gasteiger partial charge is 0.192 e. The molecule has 1 saturated carbocycles. The molecule has 0 unspecified atom stereocenters. The summed E-state index contributed by atoms with van der Waals surface area (Å²) in [5.74, 6) is 0.911. The lowest BCUT2D eigenvalue weighted by atomic mass is 9.56. The molecule has 3 heteroatoms. The summed E-state index contributed by atoms with van der Waals surface area (Å²) in [6.45, 7) is 16.7. The van der Waals surface area contributed by atoms with Crippen molar-refractivity contribution in [3.8, 4) is 0 Å². The summed E-state index contributed by atoms with van der Waals surface area (Å²) in [7, 11) is -1.73. The second-order valence-electron chi connectivity index (χ2n) is 9.65. The van der Waals surface area contributed by atoms with Crippen LogP contribution in [0.15, 0.2) is 11.6 Å². The molecule has 0 aliphatic heterocycles. The van der Waals surface area contributed by atoms with Crippen molar-refractivity contribution < 1.29 is 9.53 Å². The lowest BCUT2D eigenvalue weighted by molar-refractivity contribution is -0.00699. The van der Waals surface area contributed by atoms with E-state index in [0.717, 1.165) is 6.42 Å². The molecule has 0 aromatic rings. The summed E-state index contributed by atoms with van der Waals surface area (Å²) in [6.07, 6.45) is 8.95. The third kappa shape index (κ3) is 3.62. The van der Waals surface area contributed by atoms with Crippen LogP contribution in [0.4, 0.5) is 0 Å². The van der Waals surface area contributed by atoms with E-state index in [4.69, 9.17) is 4.43 Å². The predicted octanol–water partition coefficient (Wildman–Crippen LogP) is 5.53. The first kappa shape index (κ1) is 19.2. The topological polar surface area (TPSA) is 29.5 Å². The maximum absolute atomic E-state index is 9.69. The van der Waals surface area contributed by atoms with E-state index in [0.29, 0.717) is 12.0 Å². The van der Waals surface area contributed by atoms with E-state index in [1.807, 2.05) is 0 Å². The Morgan fingerprint density at radius 1 is 1.35 bits per heavy atom. The highest BCUT2D eigenvalue weighted by Crippen LogP contribution is 2.55. The average molecular weight is 339 g/mol. The molecule has 2 aliphatic rings. The van der Waals surface area contributed by atoms with Crippen molar-refractivity contribution in [2.75, 3.05) is 6.61 Å². The van der Waals surface area contributed by atoms with Crippen LogP contribution in [-0.4, -0.2) is 26.1 Å². The molecule has 2 aliphatic carbocycles. The SMILES string of the molecule is C[C@@H](CO)C1=CCC[C@H]2[C@@H](O[Si](C)(C)C(C)(C)C)CCC[C@]12C. The predicted molar refractivity (Wildman–Crippen MR) is 101 cm³/mol. The van der Waals surface area contributed by atoms with E-state index >= 15 is 0 Å². The first-order valence-corrected chi connectivity index (χ1v) is 12.4. The van der Waals surface area contributed by atoms with Gasteiger partial charge in [0.2, 0.25) is 0 Å². The van der Waals surface area contributed by atoms with Gasteiger partial charge in [0.05, 0.1) is 0 Å². The van der Waals surface area contributed by atoms with Crippen LogP contribution < -0.4 is 0 Å². The zero-order valence-electron chi connectivity index (χ0n) is 16.4. The van der Waals surface area contributed by atoms with E-state index in [-0.39, 0.29) is 23.0 Å². The molecule has 0 aromatic heterocycles. The number of fused-ring (bicyclic) bond motifs is 1. The number of hydrogen-bond donors (Lipinski definition) is 1. The molecule has 0 amide bonds. The van der Waals surface area contributed by atoms with E-state index in [9.17, 15) is 5.11 Å². The van der Waals surface area contributed by atoms with Crippen LogP contribution in [0.25, 0.3) is 0 Å². The second-order valence-corrected chi connectivity index (χ2v) is 14.4. The number of aliphatic hydroxyl groups is 1. The summed E-state index contributed by atoms with van der Waals surface area (Å²) in [6, 6.07) is 0. The van der Waals surface area contributed by atoms with Crippen LogP contribution in [0.3, 0.4) is 0 Å². The van der Waals surface area contributed by atoms with Crippen LogP contribution in [0, 0.1) is 17.3 Å². The third-order valence-electron chi connectivity index (χ3n) is 7.01. The van der Waals surface area contributed by atoms with Gasteiger partial charge < -0.3 is 9.53 Å². The van der Waals surface area contributed by atoms with Crippen molar-refractivity contribution >= 4 is 8.32 Å². The van der Waals surface area contributed by atoms with Gasteiger partial charge in [0.25, 0.3) is 0 Å². The van der Waals surface area contributed by atoms with Crippen LogP contribution in [-0.2, 0) is 4.43 Å². The molecule has 1 fully saturated rings. The highest BCUT2D eigenvalue weighted by atomic mass is 28.4. The Morgan fingerprint density at radius 3 is 2.57 bits per heavy atom. The minimum Gasteiger partial charge on any atom is -0.414 e. The summed E-state index contributed by atoms with van der Waals surface area (Å²) in [5, 5.41) is 9.96. The number of rotatable bonds is 4. The Bertz CT molecular complexity index is 449.